The van der Waals surface area contributed by atoms with Crippen molar-refractivity contribution in [2.45, 2.75) is 45.4 Å². The summed E-state index contributed by atoms with van der Waals surface area (Å²) in [7, 11) is 0. The number of hydrogen-bond donors (Lipinski definition) is 1. The van der Waals surface area contributed by atoms with Gasteiger partial charge in [0.25, 0.3) is 0 Å². The molecule has 0 heterocycles. The van der Waals surface area contributed by atoms with Crippen molar-refractivity contribution in [1.82, 2.24) is 0 Å². The molecule has 1 amide bonds. The Balaban J connectivity index is 2.43. The Bertz CT molecular complexity index is 148. The van der Waals surface area contributed by atoms with Gasteiger partial charge in [-0.25, -0.2) is 0 Å². The highest BCUT2D eigenvalue weighted by molar-refractivity contribution is 5.74. The molecule has 2 nitrogen and oxygen atoms in total. The van der Waals surface area contributed by atoms with Crippen LogP contribution in [0.2, 0.25) is 0 Å². The van der Waals surface area contributed by atoms with Crippen LogP contribution in [0, 0.1) is 5.41 Å². The Morgan fingerprint density at radius 3 is 2.36 bits per heavy atom. The van der Waals surface area contributed by atoms with Gasteiger partial charge in [0.1, 0.15) is 0 Å². The molecular formula is C9H17NO. The van der Waals surface area contributed by atoms with Crippen molar-refractivity contribution in [3.8, 4) is 0 Å². The summed E-state index contributed by atoms with van der Waals surface area (Å²) in [6.45, 7) is 2.18. The van der Waals surface area contributed by atoms with Gasteiger partial charge in [0.15, 0.2) is 0 Å². The van der Waals surface area contributed by atoms with E-state index < -0.39 is 0 Å². The minimum Gasteiger partial charge on any atom is -0.370 e. The lowest BCUT2D eigenvalue weighted by molar-refractivity contribution is -0.120. The van der Waals surface area contributed by atoms with Gasteiger partial charge in [0, 0.05) is 6.42 Å². The van der Waals surface area contributed by atoms with Crippen LogP contribution in [0.15, 0.2) is 0 Å². The number of hydrogen-bond acceptors (Lipinski definition) is 1. The third kappa shape index (κ3) is 2.52. The van der Waals surface area contributed by atoms with Crippen LogP contribution in [0.4, 0.5) is 0 Å². The van der Waals surface area contributed by atoms with E-state index in [2.05, 4.69) is 6.92 Å². The fraction of sp³-hybridized carbons (Fsp3) is 0.889. The summed E-state index contributed by atoms with van der Waals surface area (Å²) >= 11 is 0. The first-order valence-electron chi connectivity index (χ1n) is 4.41. The molecule has 0 aromatic heterocycles. The molecule has 0 spiro atoms. The fourth-order valence-corrected chi connectivity index (χ4v) is 2.00. The molecule has 1 aliphatic rings. The summed E-state index contributed by atoms with van der Waals surface area (Å²) < 4.78 is 0. The monoisotopic (exact) mass is 155 g/mol. The first-order valence-corrected chi connectivity index (χ1v) is 4.41. The van der Waals surface area contributed by atoms with E-state index in [9.17, 15) is 4.79 Å². The van der Waals surface area contributed by atoms with Gasteiger partial charge in [-0.15, -0.1) is 0 Å². The third-order valence-corrected chi connectivity index (χ3v) is 2.66. The SMILES string of the molecule is CC1(CC(N)=O)CCCCC1. The normalized spacial score (nSPS) is 23.0. The molecular weight excluding hydrogens is 138 g/mol. The summed E-state index contributed by atoms with van der Waals surface area (Å²) in [5.41, 5.74) is 5.40. The Morgan fingerprint density at radius 2 is 1.91 bits per heavy atom. The quantitative estimate of drug-likeness (QED) is 0.649. The highest BCUT2D eigenvalue weighted by Gasteiger charge is 2.28. The number of primary amides is 1. The molecule has 11 heavy (non-hydrogen) atoms. The molecule has 0 bridgehead atoms. The van der Waals surface area contributed by atoms with Crippen molar-refractivity contribution in [2.75, 3.05) is 0 Å². The molecule has 0 radical (unpaired) electrons. The molecule has 1 saturated carbocycles. The third-order valence-electron chi connectivity index (χ3n) is 2.66. The molecule has 0 aromatic rings. The zero-order chi connectivity index (χ0) is 8.32. The van der Waals surface area contributed by atoms with Gasteiger partial charge < -0.3 is 5.73 Å². The van der Waals surface area contributed by atoms with E-state index in [-0.39, 0.29) is 11.3 Å². The number of carbonyl (C=O) groups excluding carboxylic acids is 1. The van der Waals surface area contributed by atoms with Crippen LogP contribution >= 0.6 is 0 Å². The second kappa shape index (κ2) is 3.24. The van der Waals surface area contributed by atoms with Crippen LogP contribution in [0.5, 0.6) is 0 Å². The van der Waals surface area contributed by atoms with Gasteiger partial charge in [-0.3, -0.25) is 4.79 Å². The van der Waals surface area contributed by atoms with E-state index in [4.69, 9.17) is 5.73 Å². The summed E-state index contributed by atoms with van der Waals surface area (Å²) in [6.07, 6.45) is 6.79. The largest absolute Gasteiger partial charge is 0.370 e. The lowest BCUT2D eigenvalue weighted by Gasteiger charge is -2.32. The Hall–Kier alpha value is -0.530. The van der Waals surface area contributed by atoms with Crippen molar-refractivity contribution in [3.63, 3.8) is 0 Å². The van der Waals surface area contributed by atoms with Crippen molar-refractivity contribution in [1.29, 1.82) is 0 Å². The van der Waals surface area contributed by atoms with Gasteiger partial charge in [-0.05, 0) is 18.3 Å². The average Bonchev–Trinajstić information content (AvgIpc) is 1.85. The Labute approximate surface area is 68.2 Å². The maximum Gasteiger partial charge on any atom is 0.217 e. The van der Waals surface area contributed by atoms with E-state index in [1.54, 1.807) is 0 Å². The van der Waals surface area contributed by atoms with E-state index in [1.807, 2.05) is 0 Å². The second-order valence-corrected chi connectivity index (χ2v) is 4.01. The van der Waals surface area contributed by atoms with Gasteiger partial charge >= 0.3 is 0 Å². The lowest BCUT2D eigenvalue weighted by Crippen LogP contribution is -2.27. The topological polar surface area (TPSA) is 43.1 Å². The molecule has 2 N–H and O–H groups in total. The Kier molecular flexibility index (Phi) is 2.53. The van der Waals surface area contributed by atoms with Gasteiger partial charge in [0.2, 0.25) is 5.91 Å². The second-order valence-electron chi connectivity index (χ2n) is 4.01. The zero-order valence-corrected chi connectivity index (χ0v) is 7.23. The number of carbonyl (C=O) groups is 1. The number of rotatable bonds is 2. The predicted molar refractivity (Wildman–Crippen MR) is 45.0 cm³/mol. The molecule has 0 saturated heterocycles. The highest BCUT2D eigenvalue weighted by Crippen LogP contribution is 2.38. The van der Waals surface area contributed by atoms with Crippen LogP contribution < -0.4 is 5.73 Å². The van der Waals surface area contributed by atoms with Crippen molar-refractivity contribution in [2.24, 2.45) is 11.1 Å². The maximum absolute atomic E-state index is 10.7. The molecule has 0 unspecified atom stereocenters. The molecule has 1 rings (SSSR count). The van der Waals surface area contributed by atoms with E-state index >= 15 is 0 Å². The number of amides is 1. The number of nitrogens with two attached hydrogens (primary N) is 1. The summed E-state index contributed by atoms with van der Waals surface area (Å²) in [4.78, 5) is 10.7. The van der Waals surface area contributed by atoms with Crippen molar-refractivity contribution >= 4 is 5.91 Å². The van der Waals surface area contributed by atoms with Crippen LogP contribution in [0.3, 0.4) is 0 Å². The van der Waals surface area contributed by atoms with Crippen molar-refractivity contribution < 1.29 is 4.79 Å². The Morgan fingerprint density at radius 1 is 1.36 bits per heavy atom. The molecule has 64 valence electrons. The minimum absolute atomic E-state index is 0.144. The maximum atomic E-state index is 10.7. The smallest absolute Gasteiger partial charge is 0.217 e. The van der Waals surface area contributed by atoms with E-state index in [1.165, 1.54) is 32.1 Å². The summed E-state index contributed by atoms with van der Waals surface area (Å²) in [5, 5.41) is 0. The predicted octanol–water partition coefficient (Wildman–Crippen LogP) is 1.83. The molecule has 0 aliphatic heterocycles. The lowest BCUT2D eigenvalue weighted by atomic mass is 9.73. The molecule has 0 aromatic carbocycles. The first-order chi connectivity index (χ1) is 5.12. The van der Waals surface area contributed by atoms with Gasteiger partial charge in [-0.2, -0.15) is 0 Å². The van der Waals surface area contributed by atoms with Crippen LogP contribution in [-0.4, -0.2) is 5.91 Å². The van der Waals surface area contributed by atoms with Crippen LogP contribution in [-0.2, 0) is 4.79 Å². The van der Waals surface area contributed by atoms with Crippen LogP contribution in [0.25, 0.3) is 0 Å². The fourth-order valence-electron chi connectivity index (χ4n) is 2.00. The first kappa shape index (κ1) is 8.57. The summed E-state index contributed by atoms with van der Waals surface area (Å²) in [6, 6.07) is 0. The van der Waals surface area contributed by atoms with Gasteiger partial charge in [-0.1, -0.05) is 26.2 Å². The average molecular weight is 155 g/mol. The van der Waals surface area contributed by atoms with E-state index in [0.29, 0.717) is 6.42 Å². The van der Waals surface area contributed by atoms with E-state index in [0.717, 1.165) is 0 Å². The van der Waals surface area contributed by atoms with Crippen molar-refractivity contribution in [3.05, 3.63) is 0 Å². The molecule has 1 aliphatic carbocycles. The molecule has 0 atom stereocenters. The van der Waals surface area contributed by atoms with Gasteiger partial charge in [0.05, 0.1) is 0 Å². The minimum atomic E-state index is -0.144. The molecule has 1 fully saturated rings. The van der Waals surface area contributed by atoms with Crippen LogP contribution in [0.1, 0.15) is 45.4 Å². The highest BCUT2D eigenvalue weighted by atomic mass is 16.1. The summed E-state index contributed by atoms with van der Waals surface area (Å²) in [5.74, 6) is -0.144. The molecule has 2 heteroatoms. The standard InChI is InChI=1S/C9H17NO/c1-9(7-8(10)11)5-3-2-4-6-9/h2-7H2,1H3,(H2,10,11). The zero-order valence-electron chi connectivity index (χ0n) is 7.23.